The summed E-state index contributed by atoms with van der Waals surface area (Å²) in [6, 6.07) is 0. The van der Waals surface area contributed by atoms with Gasteiger partial charge < -0.3 is 9.84 Å². The fraction of sp³-hybridized carbons (Fsp3) is 0.500. The maximum Gasteiger partial charge on any atom is 0.314 e. The number of cyclic esters (lactones) is 1. The molecular formula is C6H10O3. The highest BCUT2D eigenvalue weighted by atomic mass is 16.5. The molecule has 0 saturated carbocycles. The Morgan fingerprint density at radius 1 is 1.89 bits per heavy atom. The first-order valence-corrected chi connectivity index (χ1v) is 2.76. The molecular weight excluding hydrogens is 120 g/mol. The molecule has 0 unspecified atom stereocenters. The average Bonchev–Trinajstić information content (AvgIpc) is 2.20. The van der Waals surface area contributed by atoms with Gasteiger partial charge in [-0.25, -0.2) is 0 Å². The van der Waals surface area contributed by atoms with E-state index >= 15 is 0 Å². The molecule has 0 radical (unpaired) electrons. The summed E-state index contributed by atoms with van der Waals surface area (Å²) in [7, 11) is 0. The summed E-state index contributed by atoms with van der Waals surface area (Å²) < 4.78 is 4.33. The Bertz CT molecular complexity index is 96.9. The fourth-order valence-electron chi connectivity index (χ4n) is 0.316. The van der Waals surface area contributed by atoms with Crippen LogP contribution in [0.25, 0.3) is 0 Å². The minimum Gasteiger partial charge on any atom is -0.435 e. The van der Waals surface area contributed by atoms with E-state index in [2.05, 4.69) is 4.74 Å². The summed E-state index contributed by atoms with van der Waals surface area (Å²) in [5, 5.41) is 7.57. The van der Waals surface area contributed by atoms with Crippen LogP contribution in [-0.2, 0) is 9.53 Å². The number of hydrogen-bond donors (Lipinski definition) is 1. The van der Waals surface area contributed by atoms with Gasteiger partial charge in [-0.1, -0.05) is 0 Å². The van der Waals surface area contributed by atoms with Gasteiger partial charge >= 0.3 is 5.97 Å². The van der Waals surface area contributed by atoms with E-state index in [9.17, 15) is 4.79 Å². The largest absolute Gasteiger partial charge is 0.435 e. The maximum absolute atomic E-state index is 9.96. The van der Waals surface area contributed by atoms with E-state index < -0.39 is 0 Å². The summed E-state index contributed by atoms with van der Waals surface area (Å²) in [5.41, 5.74) is 0. The number of rotatable bonds is 0. The van der Waals surface area contributed by atoms with Crippen molar-refractivity contribution in [2.45, 2.75) is 13.3 Å². The highest BCUT2D eigenvalue weighted by Gasteiger charge is 2.00. The van der Waals surface area contributed by atoms with Gasteiger partial charge in [0, 0.05) is 6.61 Å². The number of aliphatic hydroxyl groups is 1. The van der Waals surface area contributed by atoms with Crippen molar-refractivity contribution in [3.05, 3.63) is 12.3 Å². The molecule has 1 rings (SSSR count). The number of ether oxygens (including phenoxy) is 1. The van der Waals surface area contributed by atoms with E-state index in [1.807, 2.05) is 0 Å². The summed E-state index contributed by atoms with van der Waals surface area (Å²) >= 11 is 0. The SMILES string of the molecule is CCO.O=C1CC=CO1. The van der Waals surface area contributed by atoms with E-state index in [0.29, 0.717) is 6.42 Å². The molecule has 1 N–H and O–H groups in total. The predicted octanol–water partition coefficient (Wildman–Crippen LogP) is 0.446. The lowest BCUT2D eigenvalue weighted by Gasteiger charge is -1.78. The van der Waals surface area contributed by atoms with Crippen LogP contribution in [0, 0.1) is 0 Å². The van der Waals surface area contributed by atoms with E-state index in [1.54, 1.807) is 13.0 Å². The minimum atomic E-state index is -0.157. The molecule has 1 aliphatic rings. The molecule has 0 fully saturated rings. The molecule has 1 heterocycles. The lowest BCUT2D eigenvalue weighted by Crippen LogP contribution is -1.87. The Morgan fingerprint density at radius 2 is 2.44 bits per heavy atom. The average molecular weight is 130 g/mol. The Hall–Kier alpha value is -0.830. The Balaban J connectivity index is 0.000000187. The second kappa shape index (κ2) is 5.31. The Labute approximate surface area is 53.9 Å². The van der Waals surface area contributed by atoms with Gasteiger partial charge in [-0.15, -0.1) is 0 Å². The van der Waals surface area contributed by atoms with Crippen LogP contribution in [0.2, 0.25) is 0 Å². The molecule has 0 atom stereocenters. The number of hydrogen-bond acceptors (Lipinski definition) is 3. The van der Waals surface area contributed by atoms with Crippen molar-refractivity contribution in [1.29, 1.82) is 0 Å². The molecule has 0 aromatic rings. The number of carbonyl (C=O) groups excluding carboxylic acids is 1. The van der Waals surface area contributed by atoms with Crippen molar-refractivity contribution >= 4 is 5.97 Å². The second-order valence-electron chi connectivity index (χ2n) is 1.38. The van der Waals surface area contributed by atoms with Crippen LogP contribution < -0.4 is 0 Å². The van der Waals surface area contributed by atoms with E-state index in [1.165, 1.54) is 6.26 Å². The molecule has 0 bridgehead atoms. The quantitative estimate of drug-likeness (QED) is 0.484. The highest BCUT2D eigenvalue weighted by Crippen LogP contribution is 1.96. The summed E-state index contributed by atoms with van der Waals surface area (Å²) in [4.78, 5) is 9.96. The Morgan fingerprint density at radius 3 is 2.56 bits per heavy atom. The van der Waals surface area contributed by atoms with Gasteiger partial charge in [-0.05, 0) is 13.0 Å². The number of carbonyl (C=O) groups is 1. The van der Waals surface area contributed by atoms with Gasteiger partial charge in [-0.3, -0.25) is 4.79 Å². The smallest absolute Gasteiger partial charge is 0.314 e. The summed E-state index contributed by atoms with van der Waals surface area (Å²) in [5.74, 6) is -0.157. The van der Waals surface area contributed by atoms with Gasteiger partial charge in [0.25, 0.3) is 0 Å². The minimum absolute atomic E-state index is 0.157. The van der Waals surface area contributed by atoms with Crippen LogP contribution in [0.15, 0.2) is 12.3 Å². The molecule has 9 heavy (non-hydrogen) atoms. The number of aliphatic hydroxyl groups excluding tert-OH is 1. The molecule has 0 amide bonds. The molecule has 0 aliphatic carbocycles. The van der Waals surface area contributed by atoms with Crippen LogP contribution in [-0.4, -0.2) is 17.7 Å². The van der Waals surface area contributed by atoms with Crippen LogP contribution in [0.4, 0.5) is 0 Å². The first-order chi connectivity index (χ1) is 4.31. The molecule has 1 aliphatic heterocycles. The van der Waals surface area contributed by atoms with Crippen molar-refractivity contribution in [3.63, 3.8) is 0 Å². The molecule has 0 aromatic heterocycles. The van der Waals surface area contributed by atoms with Gasteiger partial charge in [0.1, 0.15) is 0 Å². The number of esters is 1. The van der Waals surface area contributed by atoms with Gasteiger partial charge in [-0.2, -0.15) is 0 Å². The third-order valence-corrected chi connectivity index (χ3v) is 0.580. The van der Waals surface area contributed by atoms with Gasteiger partial charge in [0.05, 0.1) is 12.7 Å². The maximum atomic E-state index is 9.96. The molecule has 52 valence electrons. The van der Waals surface area contributed by atoms with Crippen LogP contribution in [0.5, 0.6) is 0 Å². The lowest BCUT2D eigenvalue weighted by atomic mass is 10.5. The molecule has 0 saturated heterocycles. The van der Waals surface area contributed by atoms with E-state index in [0.717, 1.165) is 0 Å². The lowest BCUT2D eigenvalue weighted by molar-refractivity contribution is -0.135. The van der Waals surface area contributed by atoms with Crippen LogP contribution in [0.1, 0.15) is 13.3 Å². The summed E-state index contributed by atoms with van der Waals surface area (Å²) in [6.45, 7) is 1.93. The fourth-order valence-corrected chi connectivity index (χ4v) is 0.316. The highest BCUT2D eigenvalue weighted by molar-refractivity contribution is 5.73. The van der Waals surface area contributed by atoms with Gasteiger partial charge in [0.15, 0.2) is 0 Å². The van der Waals surface area contributed by atoms with E-state index in [-0.39, 0.29) is 12.6 Å². The molecule has 3 heteroatoms. The topological polar surface area (TPSA) is 46.5 Å². The van der Waals surface area contributed by atoms with Crippen LogP contribution in [0.3, 0.4) is 0 Å². The van der Waals surface area contributed by atoms with Crippen molar-refractivity contribution in [3.8, 4) is 0 Å². The second-order valence-corrected chi connectivity index (χ2v) is 1.38. The third-order valence-electron chi connectivity index (χ3n) is 0.580. The summed E-state index contributed by atoms with van der Waals surface area (Å²) in [6.07, 6.45) is 3.53. The zero-order chi connectivity index (χ0) is 7.11. The predicted molar refractivity (Wildman–Crippen MR) is 32.6 cm³/mol. The zero-order valence-corrected chi connectivity index (χ0v) is 5.33. The van der Waals surface area contributed by atoms with E-state index in [4.69, 9.17) is 5.11 Å². The van der Waals surface area contributed by atoms with Crippen molar-refractivity contribution in [2.24, 2.45) is 0 Å². The molecule has 0 aromatic carbocycles. The molecule has 3 nitrogen and oxygen atoms in total. The van der Waals surface area contributed by atoms with Crippen molar-refractivity contribution in [2.75, 3.05) is 6.61 Å². The standard InChI is InChI=1S/C4H4O2.C2H6O/c5-4-2-1-3-6-4;1-2-3/h1,3H,2H2;3H,2H2,1H3. The zero-order valence-electron chi connectivity index (χ0n) is 5.33. The molecule has 0 spiro atoms. The van der Waals surface area contributed by atoms with Crippen LogP contribution >= 0.6 is 0 Å². The first kappa shape index (κ1) is 8.17. The van der Waals surface area contributed by atoms with Crippen molar-refractivity contribution < 1.29 is 14.6 Å². The Kier molecular flexibility index (Phi) is 4.82. The van der Waals surface area contributed by atoms with Crippen molar-refractivity contribution in [1.82, 2.24) is 0 Å². The normalized spacial score (nSPS) is 14.2. The monoisotopic (exact) mass is 130 g/mol. The third kappa shape index (κ3) is 5.03. The first-order valence-electron chi connectivity index (χ1n) is 2.76. The van der Waals surface area contributed by atoms with Gasteiger partial charge in [0.2, 0.25) is 0 Å².